The molecule has 0 radical (unpaired) electrons. The van der Waals surface area contributed by atoms with Crippen LogP contribution >= 0.6 is 11.8 Å². The largest absolute Gasteiger partial charge is 0.481 e. The first kappa shape index (κ1) is 16.8. The van der Waals surface area contributed by atoms with Gasteiger partial charge in [-0.25, -0.2) is 15.0 Å². The van der Waals surface area contributed by atoms with Gasteiger partial charge in [-0.2, -0.15) is 4.98 Å². The molecule has 0 spiro atoms. The summed E-state index contributed by atoms with van der Waals surface area (Å²) in [6, 6.07) is 1.76. The summed E-state index contributed by atoms with van der Waals surface area (Å²) in [7, 11) is 1.62. The Labute approximate surface area is 146 Å². The van der Waals surface area contributed by atoms with Gasteiger partial charge < -0.3 is 14.5 Å². The average Bonchev–Trinajstić information content (AvgIpc) is 2.64. The minimum absolute atomic E-state index is 0.592. The first-order valence-corrected chi connectivity index (χ1v) is 9.11. The molecule has 0 amide bonds. The van der Waals surface area contributed by atoms with E-state index < -0.39 is 0 Å². The molecule has 2 aromatic heterocycles. The molecule has 0 bridgehead atoms. The third kappa shape index (κ3) is 3.38. The monoisotopic (exact) mass is 346 g/mol. The lowest BCUT2D eigenvalue weighted by atomic mass is 10.2. The molecule has 2 aromatic rings. The predicted octanol–water partition coefficient (Wildman–Crippen LogP) is 1.94. The maximum absolute atomic E-state index is 5.18. The van der Waals surface area contributed by atoms with E-state index in [0.29, 0.717) is 5.88 Å². The van der Waals surface area contributed by atoms with Crippen molar-refractivity contribution in [2.75, 3.05) is 49.3 Å². The third-order valence-electron chi connectivity index (χ3n) is 4.21. The molecular weight excluding hydrogens is 324 g/mol. The van der Waals surface area contributed by atoms with Gasteiger partial charge >= 0.3 is 0 Å². The summed E-state index contributed by atoms with van der Waals surface area (Å²) in [5.74, 6) is 2.35. The molecule has 0 aliphatic carbocycles. The highest BCUT2D eigenvalue weighted by Gasteiger charge is 2.22. The minimum atomic E-state index is 0.592. The lowest BCUT2D eigenvalue weighted by molar-refractivity contribution is 0.396. The quantitative estimate of drug-likeness (QED) is 0.615. The molecule has 3 rings (SSSR count). The number of rotatable bonds is 4. The highest BCUT2D eigenvalue weighted by atomic mass is 32.2. The van der Waals surface area contributed by atoms with Crippen molar-refractivity contribution < 1.29 is 4.74 Å². The molecule has 0 atom stereocenters. The zero-order valence-electron chi connectivity index (χ0n) is 14.5. The average molecular weight is 346 g/mol. The van der Waals surface area contributed by atoms with Crippen molar-refractivity contribution in [3.63, 3.8) is 0 Å². The summed E-state index contributed by atoms with van der Waals surface area (Å²) in [4.78, 5) is 22.5. The van der Waals surface area contributed by atoms with Gasteiger partial charge in [-0.1, -0.05) is 11.8 Å². The number of nitrogens with zero attached hydrogens (tertiary/aromatic N) is 6. The highest BCUT2D eigenvalue weighted by Crippen LogP contribution is 2.24. The van der Waals surface area contributed by atoms with Crippen LogP contribution in [0.1, 0.15) is 11.3 Å². The Hall–Kier alpha value is -2.09. The SMILES string of the molecule is COc1ccnc(N2CCN(c3nc(SC)nc(C)c3C)CC2)n1. The second kappa shape index (κ2) is 7.21. The number of thioether (sulfide) groups is 1. The molecule has 1 aliphatic rings. The summed E-state index contributed by atoms with van der Waals surface area (Å²) in [5, 5.41) is 0.826. The number of piperazine rings is 1. The van der Waals surface area contributed by atoms with Gasteiger partial charge in [0.2, 0.25) is 11.8 Å². The van der Waals surface area contributed by atoms with Gasteiger partial charge in [0, 0.05) is 49.7 Å². The van der Waals surface area contributed by atoms with E-state index in [4.69, 9.17) is 9.72 Å². The Morgan fingerprint density at radius 3 is 2.42 bits per heavy atom. The molecule has 1 fully saturated rings. The summed E-state index contributed by atoms with van der Waals surface area (Å²) in [6.45, 7) is 7.60. The molecule has 0 N–H and O–H groups in total. The molecular formula is C16H22N6OS. The van der Waals surface area contributed by atoms with Gasteiger partial charge in [0.05, 0.1) is 7.11 Å². The zero-order valence-corrected chi connectivity index (χ0v) is 15.3. The standard InChI is InChI=1S/C16H22N6OS/c1-11-12(2)18-16(24-4)20-14(11)21-7-9-22(10-8-21)15-17-6-5-13(19-15)23-3/h5-6H,7-10H2,1-4H3. The molecule has 0 aromatic carbocycles. The Bertz CT molecular complexity index is 718. The van der Waals surface area contributed by atoms with Crippen molar-refractivity contribution in [2.45, 2.75) is 19.0 Å². The van der Waals surface area contributed by atoms with E-state index >= 15 is 0 Å². The molecule has 1 aliphatic heterocycles. The van der Waals surface area contributed by atoms with Crippen LogP contribution in [0.15, 0.2) is 17.4 Å². The molecule has 0 unspecified atom stereocenters. The van der Waals surface area contributed by atoms with Crippen LogP contribution in [0.25, 0.3) is 0 Å². The van der Waals surface area contributed by atoms with Crippen LogP contribution in [0.4, 0.5) is 11.8 Å². The van der Waals surface area contributed by atoms with E-state index in [0.717, 1.165) is 54.4 Å². The maximum atomic E-state index is 5.18. The highest BCUT2D eigenvalue weighted by molar-refractivity contribution is 7.98. The normalized spacial score (nSPS) is 14.8. The number of hydrogen-bond donors (Lipinski definition) is 0. The zero-order chi connectivity index (χ0) is 17.1. The first-order chi connectivity index (χ1) is 11.6. The number of anilines is 2. The van der Waals surface area contributed by atoms with Crippen molar-refractivity contribution in [3.05, 3.63) is 23.5 Å². The summed E-state index contributed by atoms with van der Waals surface area (Å²) in [5.41, 5.74) is 2.20. The second-order valence-electron chi connectivity index (χ2n) is 5.62. The number of aromatic nitrogens is 4. The molecule has 0 saturated carbocycles. The number of ether oxygens (including phenoxy) is 1. The second-order valence-corrected chi connectivity index (χ2v) is 6.39. The smallest absolute Gasteiger partial charge is 0.228 e. The van der Waals surface area contributed by atoms with Crippen molar-refractivity contribution in [2.24, 2.45) is 0 Å². The Morgan fingerprint density at radius 2 is 1.75 bits per heavy atom. The number of aryl methyl sites for hydroxylation is 1. The minimum Gasteiger partial charge on any atom is -0.481 e. The van der Waals surface area contributed by atoms with Gasteiger partial charge in [-0.05, 0) is 20.1 Å². The topological polar surface area (TPSA) is 67.3 Å². The van der Waals surface area contributed by atoms with Gasteiger partial charge in [0.25, 0.3) is 0 Å². The molecule has 24 heavy (non-hydrogen) atoms. The molecule has 1 saturated heterocycles. The van der Waals surface area contributed by atoms with Gasteiger partial charge in [-0.3, -0.25) is 0 Å². The van der Waals surface area contributed by atoms with Crippen molar-refractivity contribution in [3.8, 4) is 5.88 Å². The third-order valence-corrected chi connectivity index (χ3v) is 4.76. The van der Waals surface area contributed by atoms with Crippen LogP contribution in [-0.4, -0.2) is 59.5 Å². The fourth-order valence-electron chi connectivity index (χ4n) is 2.70. The van der Waals surface area contributed by atoms with E-state index in [1.807, 2.05) is 13.2 Å². The first-order valence-electron chi connectivity index (χ1n) is 7.88. The van der Waals surface area contributed by atoms with Crippen LogP contribution in [0, 0.1) is 13.8 Å². The Kier molecular flexibility index (Phi) is 5.03. The number of methoxy groups -OCH3 is 1. The number of hydrogen-bond acceptors (Lipinski definition) is 8. The predicted molar refractivity (Wildman–Crippen MR) is 96.3 cm³/mol. The summed E-state index contributed by atoms with van der Waals surface area (Å²) < 4.78 is 5.18. The van der Waals surface area contributed by atoms with Crippen LogP contribution in [0.3, 0.4) is 0 Å². The van der Waals surface area contributed by atoms with Crippen LogP contribution in [-0.2, 0) is 0 Å². The van der Waals surface area contributed by atoms with Crippen LogP contribution in [0.5, 0.6) is 5.88 Å². The van der Waals surface area contributed by atoms with Crippen LogP contribution in [0.2, 0.25) is 0 Å². The van der Waals surface area contributed by atoms with E-state index in [-0.39, 0.29) is 0 Å². The molecule has 128 valence electrons. The lowest BCUT2D eigenvalue weighted by Crippen LogP contribution is -2.47. The van der Waals surface area contributed by atoms with Gasteiger partial charge in [0.1, 0.15) is 5.82 Å². The van der Waals surface area contributed by atoms with E-state index in [9.17, 15) is 0 Å². The molecule has 3 heterocycles. The van der Waals surface area contributed by atoms with E-state index in [1.54, 1.807) is 31.1 Å². The fraction of sp³-hybridized carbons (Fsp3) is 0.500. The summed E-state index contributed by atoms with van der Waals surface area (Å²) >= 11 is 1.58. The van der Waals surface area contributed by atoms with Crippen LogP contribution < -0.4 is 14.5 Å². The Balaban J connectivity index is 1.74. The molecule has 8 heteroatoms. The lowest BCUT2D eigenvalue weighted by Gasteiger charge is -2.36. The van der Waals surface area contributed by atoms with Crippen molar-refractivity contribution in [1.82, 2.24) is 19.9 Å². The maximum Gasteiger partial charge on any atom is 0.228 e. The van der Waals surface area contributed by atoms with E-state index in [1.165, 1.54) is 0 Å². The van der Waals surface area contributed by atoms with Crippen molar-refractivity contribution in [1.29, 1.82) is 0 Å². The Morgan fingerprint density at radius 1 is 1.04 bits per heavy atom. The van der Waals surface area contributed by atoms with Gasteiger partial charge in [0.15, 0.2) is 5.16 Å². The van der Waals surface area contributed by atoms with Gasteiger partial charge in [-0.15, -0.1) is 0 Å². The fourth-order valence-corrected chi connectivity index (χ4v) is 3.11. The van der Waals surface area contributed by atoms with Crippen molar-refractivity contribution >= 4 is 23.5 Å². The molecule has 7 nitrogen and oxygen atoms in total. The van der Waals surface area contributed by atoms with E-state index in [2.05, 4.69) is 31.7 Å². The summed E-state index contributed by atoms with van der Waals surface area (Å²) in [6.07, 6.45) is 3.74.